The summed E-state index contributed by atoms with van der Waals surface area (Å²) >= 11 is 3.36. The fraction of sp³-hybridized carbons (Fsp3) is 0.188. The fourth-order valence-corrected chi connectivity index (χ4v) is 2.27. The van der Waals surface area contributed by atoms with Gasteiger partial charge in [0.1, 0.15) is 17.1 Å². The monoisotopic (exact) mass is 351 g/mol. The van der Waals surface area contributed by atoms with Gasteiger partial charge in [0.05, 0.1) is 7.11 Å². The van der Waals surface area contributed by atoms with Crippen molar-refractivity contribution in [2.24, 2.45) is 0 Å². The Labute approximate surface area is 131 Å². The first-order chi connectivity index (χ1) is 10.0. The highest BCUT2D eigenvalue weighted by molar-refractivity contribution is 9.10. The second-order valence-electron chi connectivity index (χ2n) is 4.60. The van der Waals surface area contributed by atoms with E-state index in [2.05, 4.69) is 15.9 Å². The Hall–Kier alpha value is -1.88. The second kappa shape index (κ2) is 6.72. The van der Waals surface area contributed by atoms with Crippen LogP contribution in [0.25, 0.3) is 0 Å². The van der Waals surface area contributed by atoms with Gasteiger partial charge < -0.3 is 9.64 Å². The van der Waals surface area contributed by atoms with Crippen LogP contribution >= 0.6 is 15.9 Å². The highest BCUT2D eigenvalue weighted by atomic mass is 79.9. The van der Waals surface area contributed by atoms with E-state index < -0.39 is 11.7 Å². The van der Waals surface area contributed by atoms with Gasteiger partial charge in [0.15, 0.2) is 0 Å². The zero-order chi connectivity index (χ0) is 15.4. The molecule has 0 saturated heterocycles. The van der Waals surface area contributed by atoms with Crippen LogP contribution in [0.15, 0.2) is 46.9 Å². The molecule has 1 amide bonds. The molecule has 0 aromatic heterocycles. The molecule has 0 atom stereocenters. The van der Waals surface area contributed by atoms with Crippen LogP contribution in [-0.4, -0.2) is 25.0 Å². The van der Waals surface area contributed by atoms with Crippen LogP contribution in [0.5, 0.6) is 5.75 Å². The number of hydrogen-bond acceptors (Lipinski definition) is 2. The number of halogens is 2. The lowest BCUT2D eigenvalue weighted by molar-refractivity contribution is 0.0776. The Bertz CT molecular complexity index is 643. The van der Waals surface area contributed by atoms with Gasteiger partial charge in [-0.3, -0.25) is 4.79 Å². The number of amides is 1. The molecule has 110 valence electrons. The minimum absolute atomic E-state index is 0.0420. The van der Waals surface area contributed by atoms with E-state index in [-0.39, 0.29) is 11.3 Å². The molecule has 2 aromatic rings. The maximum atomic E-state index is 13.9. The largest absolute Gasteiger partial charge is 0.496 e. The summed E-state index contributed by atoms with van der Waals surface area (Å²) < 4.78 is 19.9. The van der Waals surface area contributed by atoms with Gasteiger partial charge in [-0.25, -0.2) is 4.39 Å². The normalized spacial score (nSPS) is 10.3. The maximum Gasteiger partial charge on any atom is 0.260 e. The summed E-state index contributed by atoms with van der Waals surface area (Å²) in [7, 11) is 3.05. The summed E-state index contributed by atoms with van der Waals surface area (Å²) in [5.41, 5.74) is 0.920. The van der Waals surface area contributed by atoms with Gasteiger partial charge in [-0.2, -0.15) is 0 Å². The molecule has 3 nitrogen and oxygen atoms in total. The van der Waals surface area contributed by atoms with Crippen molar-refractivity contribution in [1.82, 2.24) is 4.90 Å². The van der Waals surface area contributed by atoms with E-state index in [0.29, 0.717) is 6.54 Å². The van der Waals surface area contributed by atoms with Crippen LogP contribution in [0.1, 0.15) is 15.9 Å². The van der Waals surface area contributed by atoms with Crippen molar-refractivity contribution < 1.29 is 13.9 Å². The van der Waals surface area contributed by atoms with Crippen molar-refractivity contribution >= 4 is 21.8 Å². The SMILES string of the molecule is COc1cccc(F)c1C(=O)N(C)Cc1ccc(Br)cc1. The van der Waals surface area contributed by atoms with E-state index in [0.717, 1.165) is 10.0 Å². The summed E-state index contributed by atoms with van der Waals surface area (Å²) in [4.78, 5) is 13.9. The molecule has 2 aromatic carbocycles. The Kier molecular flexibility index (Phi) is 4.96. The van der Waals surface area contributed by atoms with Gasteiger partial charge in [0.25, 0.3) is 5.91 Å². The number of nitrogens with zero attached hydrogens (tertiary/aromatic N) is 1. The lowest BCUT2D eigenvalue weighted by Crippen LogP contribution is -2.27. The smallest absolute Gasteiger partial charge is 0.260 e. The molecule has 0 N–H and O–H groups in total. The average molecular weight is 352 g/mol. The van der Waals surface area contributed by atoms with E-state index in [4.69, 9.17) is 4.74 Å². The van der Waals surface area contributed by atoms with Gasteiger partial charge >= 0.3 is 0 Å². The lowest BCUT2D eigenvalue weighted by atomic mass is 10.1. The molecule has 0 radical (unpaired) electrons. The van der Waals surface area contributed by atoms with E-state index in [1.165, 1.54) is 24.1 Å². The summed E-state index contributed by atoms with van der Waals surface area (Å²) in [6.45, 7) is 0.392. The van der Waals surface area contributed by atoms with Gasteiger partial charge in [-0.15, -0.1) is 0 Å². The molecule has 0 spiro atoms. The number of rotatable bonds is 4. The Balaban J connectivity index is 2.21. The van der Waals surface area contributed by atoms with Crippen LogP contribution in [0.4, 0.5) is 4.39 Å². The van der Waals surface area contributed by atoms with Crippen molar-refractivity contribution in [1.29, 1.82) is 0 Å². The van der Waals surface area contributed by atoms with Crippen LogP contribution in [0.2, 0.25) is 0 Å². The zero-order valence-corrected chi connectivity index (χ0v) is 13.4. The van der Waals surface area contributed by atoms with Crippen molar-refractivity contribution in [2.75, 3.05) is 14.2 Å². The summed E-state index contributed by atoms with van der Waals surface area (Å²) in [6.07, 6.45) is 0. The molecule has 0 saturated carbocycles. The zero-order valence-electron chi connectivity index (χ0n) is 11.8. The third-order valence-corrected chi connectivity index (χ3v) is 3.62. The van der Waals surface area contributed by atoms with E-state index in [9.17, 15) is 9.18 Å². The maximum absolute atomic E-state index is 13.9. The first kappa shape index (κ1) is 15.5. The number of ether oxygens (including phenoxy) is 1. The van der Waals surface area contributed by atoms with Crippen LogP contribution in [0.3, 0.4) is 0 Å². The number of carbonyl (C=O) groups excluding carboxylic acids is 1. The molecule has 0 aliphatic carbocycles. The second-order valence-corrected chi connectivity index (χ2v) is 5.52. The Morgan fingerprint density at radius 3 is 2.52 bits per heavy atom. The first-order valence-electron chi connectivity index (χ1n) is 6.35. The van der Waals surface area contributed by atoms with Crippen LogP contribution < -0.4 is 4.74 Å². The van der Waals surface area contributed by atoms with Crippen molar-refractivity contribution in [2.45, 2.75) is 6.54 Å². The standard InChI is InChI=1S/C16H15BrFNO2/c1-19(10-11-6-8-12(17)9-7-11)16(20)15-13(18)4-3-5-14(15)21-2/h3-9H,10H2,1-2H3. The Morgan fingerprint density at radius 2 is 1.90 bits per heavy atom. The number of benzene rings is 2. The summed E-state index contributed by atoms with van der Waals surface area (Å²) in [6, 6.07) is 12.0. The number of hydrogen-bond donors (Lipinski definition) is 0. The molecule has 0 heterocycles. The fourth-order valence-electron chi connectivity index (χ4n) is 2.01. The first-order valence-corrected chi connectivity index (χ1v) is 7.14. The third kappa shape index (κ3) is 3.61. The summed E-state index contributed by atoms with van der Waals surface area (Å²) in [5, 5.41) is 0. The predicted molar refractivity (Wildman–Crippen MR) is 82.9 cm³/mol. The molecule has 21 heavy (non-hydrogen) atoms. The number of methoxy groups -OCH3 is 1. The molecular weight excluding hydrogens is 337 g/mol. The molecule has 2 rings (SSSR count). The number of carbonyl (C=O) groups is 1. The van der Waals surface area contributed by atoms with Gasteiger partial charge in [0.2, 0.25) is 0 Å². The molecule has 0 aliphatic rings. The van der Waals surface area contributed by atoms with Crippen molar-refractivity contribution in [3.05, 3.63) is 63.9 Å². The van der Waals surface area contributed by atoms with Crippen LogP contribution in [0, 0.1) is 5.82 Å². The molecule has 0 fully saturated rings. The molecular formula is C16H15BrFNO2. The van der Waals surface area contributed by atoms with Crippen LogP contribution in [-0.2, 0) is 6.54 Å². The van der Waals surface area contributed by atoms with E-state index in [1.54, 1.807) is 13.1 Å². The lowest BCUT2D eigenvalue weighted by Gasteiger charge is -2.19. The van der Waals surface area contributed by atoms with E-state index in [1.807, 2.05) is 24.3 Å². The van der Waals surface area contributed by atoms with Gasteiger partial charge in [-0.1, -0.05) is 34.1 Å². The predicted octanol–water partition coefficient (Wildman–Crippen LogP) is 3.87. The quantitative estimate of drug-likeness (QED) is 0.836. The third-order valence-electron chi connectivity index (χ3n) is 3.09. The highest BCUT2D eigenvalue weighted by Crippen LogP contribution is 2.23. The minimum Gasteiger partial charge on any atom is -0.496 e. The van der Waals surface area contributed by atoms with Gasteiger partial charge in [-0.05, 0) is 29.8 Å². The summed E-state index contributed by atoms with van der Waals surface area (Å²) in [5.74, 6) is -0.752. The van der Waals surface area contributed by atoms with Crippen molar-refractivity contribution in [3.63, 3.8) is 0 Å². The Morgan fingerprint density at radius 1 is 1.24 bits per heavy atom. The minimum atomic E-state index is -0.581. The molecule has 0 unspecified atom stereocenters. The highest BCUT2D eigenvalue weighted by Gasteiger charge is 2.21. The molecule has 5 heteroatoms. The topological polar surface area (TPSA) is 29.5 Å². The van der Waals surface area contributed by atoms with E-state index >= 15 is 0 Å². The molecule has 0 aliphatic heterocycles. The molecule has 0 bridgehead atoms. The average Bonchev–Trinajstić information content (AvgIpc) is 2.48. The van der Waals surface area contributed by atoms with Gasteiger partial charge in [0, 0.05) is 18.1 Å². The van der Waals surface area contributed by atoms with Crippen molar-refractivity contribution in [3.8, 4) is 5.75 Å².